The smallest absolute Gasteiger partial charge is 0.250 e. The third-order valence-electron chi connectivity index (χ3n) is 3.80. The van der Waals surface area contributed by atoms with Crippen LogP contribution in [-0.2, 0) is 0 Å². The van der Waals surface area contributed by atoms with Gasteiger partial charge in [-0.1, -0.05) is 24.4 Å². The van der Waals surface area contributed by atoms with Crippen molar-refractivity contribution in [1.29, 1.82) is 0 Å². The first kappa shape index (κ1) is 14.9. The molecule has 1 saturated carbocycles. The summed E-state index contributed by atoms with van der Waals surface area (Å²) in [5, 5.41) is 10.8. The predicted octanol–water partition coefficient (Wildman–Crippen LogP) is 1.76. The molecule has 0 spiro atoms. The topological polar surface area (TPSA) is 92.6 Å². The fraction of sp³-hybridized carbons (Fsp3) is 0.500. The lowest BCUT2D eigenvalue weighted by Crippen LogP contribution is -2.40. The van der Waals surface area contributed by atoms with E-state index < -0.39 is 11.5 Å². The van der Waals surface area contributed by atoms with Crippen molar-refractivity contribution in [3.63, 3.8) is 0 Å². The summed E-state index contributed by atoms with van der Waals surface area (Å²) in [4.78, 5) is 13.4. The summed E-state index contributed by atoms with van der Waals surface area (Å²) in [6.45, 7) is 0.414. The molecule has 6 heteroatoms. The van der Waals surface area contributed by atoms with Gasteiger partial charge in [0.05, 0.1) is 21.9 Å². The number of anilines is 2. The number of hydrogen-bond acceptors (Lipinski definition) is 4. The summed E-state index contributed by atoms with van der Waals surface area (Å²) in [6.07, 6.45) is 3.55. The van der Waals surface area contributed by atoms with Gasteiger partial charge >= 0.3 is 0 Å². The van der Waals surface area contributed by atoms with E-state index >= 15 is 0 Å². The van der Waals surface area contributed by atoms with Gasteiger partial charge in [-0.3, -0.25) is 4.79 Å². The minimum absolute atomic E-state index is 0.277. The van der Waals surface area contributed by atoms with Gasteiger partial charge in [-0.15, -0.1) is 0 Å². The van der Waals surface area contributed by atoms with Crippen LogP contribution in [0.3, 0.4) is 0 Å². The Morgan fingerprint density at radius 2 is 2.05 bits per heavy atom. The van der Waals surface area contributed by atoms with Gasteiger partial charge in [-0.25, -0.2) is 0 Å². The molecule has 0 bridgehead atoms. The first-order valence-corrected chi connectivity index (χ1v) is 7.02. The van der Waals surface area contributed by atoms with Crippen LogP contribution in [0, 0.1) is 0 Å². The summed E-state index contributed by atoms with van der Waals surface area (Å²) in [5.41, 5.74) is 11.5. The predicted molar refractivity (Wildman–Crippen MR) is 81.1 cm³/mol. The van der Waals surface area contributed by atoms with E-state index in [0.717, 1.165) is 25.7 Å². The highest BCUT2D eigenvalue weighted by Crippen LogP contribution is 2.35. The molecule has 0 heterocycles. The van der Waals surface area contributed by atoms with Gasteiger partial charge in [-0.2, -0.15) is 0 Å². The van der Waals surface area contributed by atoms with Crippen molar-refractivity contribution in [2.75, 3.05) is 24.2 Å². The van der Waals surface area contributed by atoms with Gasteiger partial charge in [0.25, 0.3) is 5.91 Å². The summed E-state index contributed by atoms with van der Waals surface area (Å²) >= 11 is 6.19. The largest absolute Gasteiger partial charge is 0.399 e. The lowest BCUT2D eigenvalue weighted by molar-refractivity contribution is 0.0558. The molecule has 2 rings (SSSR count). The van der Waals surface area contributed by atoms with Gasteiger partial charge in [0, 0.05) is 19.3 Å². The lowest BCUT2D eigenvalue weighted by atomic mass is 10.0. The fourth-order valence-corrected chi connectivity index (χ4v) is 3.28. The molecular formula is C14H20ClN3O2. The Morgan fingerprint density at radius 1 is 1.45 bits per heavy atom. The van der Waals surface area contributed by atoms with Crippen LogP contribution in [-0.4, -0.2) is 30.2 Å². The Bertz CT molecular complexity index is 527. The number of amides is 1. The number of aliphatic hydroxyl groups is 1. The first-order chi connectivity index (χ1) is 9.32. The van der Waals surface area contributed by atoms with Gasteiger partial charge in [0.2, 0.25) is 0 Å². The van der Waals surface area contributed by atoms with E-state index in [2.05, 4.69) is 0 Å². The molecule has 5 N–H and O–H groups in total. The Labute approximate surface area is 123 Å². The van der Waals surface area contributed by atoms with E-state index in [9.17, 15) is 9.90 Å². The zero-order valence-electron chi connectivity index (χ0n) is 11.5. The molecule has 5 nitrogen and oxygen atoms in total. The Morgan fingerprint density at radius 3 is 2.60 bits per heavy atom. The molecule has 0 unspecified atom stereocenters. The average Bonchev–Trinajstić information content (AvgIpc) is 2.74. The van der Waals surface area contributed by atoms with Crippen LogP contribution in [0.5, 0.6) is 0 Å². The zero-order chi connectivity index (χ0) is 14.9. The molecule has 110 valence electrons. The molecule has 0 aromatic heterocycles. The number of hydrogen-bond donors (Lipinski definition) is 3. The van der Waals surface area contributed by atoms with Crippen molar-refractivity contribution in [2.24, 2.45) is 5.73 Å². The summed E-state index contributed by atoms with van der Waals surface area (Å²) in [7, 11) is 1.79. The quantitative estimate of drug-likeness (QED) is 0.738. The maximum Gasteiger partial charge on any atom is 0.250 e. The van der Waals surface area contributed by atoms with Gasteiger partial charge < -0.3 is 21.5 Å². The van der Waals surface area contributed by atoms with Crippen LogP contribution in [0.15, 0.2) is 12.1 Å². The Hall–Kier alpha value is -1.46. The van der Waals surface area contributed by atoms with Crippen molar-refractivity contribution < 1.29 is 9.90 Å². The molecule has 1 aromatic rings. The first-order valence-electron chi connectivity index (χ1n) is 6.65. The number of carbonyl (C=O) groups is 1. The van der Waals surface area contributed by atoms with Crippen molar-refractivity contribution in [1.82, 2.24) is 0 Å². The van der Waals surface area contributed by atoms with Gasteiger partial charge in [0.15, 0.2) is 0 Å². The SMILES string of the molecule is CN(CC1(O)CCCC1)c1c(Cl)cc(N)cc1C(N)=O. The lowest BCUT2D eigenvalue weighted by Gasteiger charge is -2.31. The second kappa shape index (κ2) is 5.50. The normalized spacial score (nSPS) is 17.1. The molecular weight excluding hydrogens is 278 g/mol. The van der Waals surface area contributed by atoms with E-state index in [0.29, 0.717) is 22.9 Å². The summed E-state index contributed by atoms with van der Waals surface area (Å²) in [6, 6.07) is 3.09. The monoisotopic (exact) mass is 297 g/mol. The summed E-state index contributed by atoms with van der Waals surface area (Å²) in [5.74, 6) is -0.584. The van der Waals surface area contributed by atoms with Gasteiger partial charge in [0.1, 0.15) is 0 Å². The number of nitrogens with zero attached hydrogens (tertiary/aromatic N) is 1. The molecule has 1 aromatic carbocycles. The highest BCUT2D eigenvalue weighted by atomic mass is 35.5. The van der Waals surface area contributed by atoms with E-state index in [1.165, 1.54) is 6.07 Å². The number of rotatable bonds is 4. The Balaban J connectivity index is 2.33. The van der Waals surface area contributed by atoms with Crippen molar-refractivity contribution >= 4 is 28.9 Å². The third-order valence-corrected chi connectivity index (χ3v) is 4.09. The van der Waals surface area contributed by atoms with Crippen LogP contribution in [0.1, 0.15) is 36.0 Å². The molecule has 1 aliphatic carbocycles. The van der Waals surface area contributed by atoms with E-state index in [1.807, 2.05) is 0 Å². The van der Waals surface area contributed by atoms with E-state index in [1.54, 1.807) is 18.0 Å². The summed E-state index contributed by atoms with van der Waals surface area (Å²) < 4.78 is 0. The molecule has 0 saturated heterocycles. The third kappa shape index (κ3) is 2.99. The number of likely N-dealkylation sites (N-methyl/N-ethyl adjacent to an activating group) is 1. The molecule has 0 radical (unpaired) electrons. The van der Waals surface area contributed by atoms with Crippen LogP contribution in [0.25, 0.3) is 0 Å². The van der Waals surface area contributed by atoms with Crippen LogP contribution >= 0.6 is 11.6 Å². The number of carbonyl (C=O) groups excluding carboxylic acids is 1. The van der Waals surface area contributed by atoms with Crippen LogP contribution in [0.2, 0.25) is 5.02 Å². The number of halogens is 1. The zero-order valence-corrected chi connectivity index (χ0v) is 12.3. The second-order valence-electron chi connectivity index (χ2n) is 5.55. The average molecular weight is 298 g/mol. The number of primary amides is 1. The second-order valence-corrected chi connectivity index (χ2v) is 5.96. The molecule has 0 aliphatic heterocycles. The highest BCUT2D eigenvalue weighted by molar-refractivity contribution is 6.34. The molecule has 1 fully saturated rings. The van der Waals surface area contributed by atoms with E-state index in [4.69, 9.17) is 23.1 Å². The minimum Gasteiger partial charge on any atom is -0.399 e. The van der Waals surface area contributed by atoms with Crippen molar-refractivity contribution in [3.8, 4) is 0 Å². The maximum absolute atomic E-state index is 11.6. The Kier molecular flexibility index (Phi) is 4.11. The molecule has 0 atom stereocenters. The minimum atomic E-state index is -0.728. The number of benzene rings is 1. The van der Waals surface area contributed by atoms with Crippen LogP contribution in [0.4, 0.5) is 11.4 Å². The van der Waals surface area contributed by atoms with Crippen molar-refractivity contribution in [3.05, 3.63) is 22.7 Å². The highest BCUT2D eigenvalue weighted by Gasteiger charge is 2.33. The van der Waals surface area contributed by atoms with Crippen LogP contribution < -0.4 is 16.4 Å². The molecule has 20 heavy (non-hydrogen) atoms. The molecule has 1 aliphatic rings. The van der Waals surface area contributed by atoms with E-state index in [-0.39, 0.29) is 5.56 Å². The standard InChI is InChI=1S/C14H20ClN3O2/c1-18(8-14(20)4-2-3-5-14)12-10(13(17)19)6-9(16)7-11(12)15/h6-7,20H,2-5,8,16H2,1H3,(H2,17,19). The fourth-order valence-electron chi connectivity index (χ4n) is 2.91. The number of nitrogen functional groups attached to an aromatic ring is 1. The van der Waals surface area contributed by atoms with Crippen molar-refractivity contribution in [2.45, 2.75) is 31.3 Å². The number of nitrogens with two attached hydrogens (primary N) is 2. The van der Waals surface area contributed by atoms with Gasteiger partial charge in [-0.05, 0) is 25.0 Å². The molecule has 1 amide bonds. The maximum atomic E-state index is 11.6.